The second-order valence-electron chi connectivity index (χ2n) is 26.3. The van der Waals surface area contributed by atoms with Gasteiger partial charge in [0.2, 0.25) is 12.1 Å². The van der Waals surface area contributed by atoms with Gasteiger partial charge in [-0.1, -0.05) is 73.6 Å². The number of esters is 1. The van der Waals surface area contributed by atoms with E-state index in [9.17, 15) is 45.3 Å². The van der Waals surface area contributed by atoms with Crippen LogP contribution in [0, 0.1) is 29.6 Å². The highest BCUT2D eigenvalue weighted by molar-refractivity contribution is 6.32. The summed E-state index contributed by atoms with van der Waals surface area (Å²) in [5.74, 6) is -0.420. The normalized spacial score (nSPS) is 30.3. The minimum absolute atomic E-state index is 0.0317. The summed E-state index contributed by atoms with van der Waals surface area (Å²) in [7, 11) is 1.88. The van der Waals surface area contributed by atoms with E-state index in [-0.39, 0.29) is 111 Å². The van der Waals surface area contributed by atoms with Gasteiger partial charge >= 0.3 is 5.97 Å². The van der Waals surface area contributed by atoms with Crippen LogP contribution >= 0.6 is 0 Å². The number of guanidine groups is 1. The zero-order chi connectivity index (χ0) is 62.8. The number of benzene rings is 4. The number of phenolic OH excluding ortho intramolecular Hbond substituents is 1. The first-order valence-corrected chi connectivity index (χ1v) is 31.5. The molecule has 8 aliphatic rings. The summed E-state index contributed by atoms with van der Waals surface area (Å²) in [4.78, 5) is 63.9. The SMILES string of the molecule is CNC[C@H]1C[C@H]2CC[C@@H]3C[C@H]2[C@](O)(C1)c1c3ccc(Cc2c(O)c3c4c(c2O[C@H]2O[C@@H](C)[C@@H](O)C(O)(O)[C@H]2OC[C@H]2CC5(CCCCC5)NC(N)=N2)CC#C[C@H](N)CC[C@H](O)Cc2cccc(c2)/C=C/c2c(OC(C)=O)cc(CO)c(c2C4=O)C3=O)c1C=O. The molecule has 20 heteroatoms. The van der Waals surface area contributed by atoms with Crippen molar-refractivity contribution in [2.75, 3.05) is 20.2 Å². The highest BCUT2D eigenvalue weighted by atomic mass is 16.7. The molecule has 0 amide bonds. The molecule has 12 atom stereocenters. The number of nitrogens with one attached hydrogen (secondary N) is 2. The Morgan fingerprint density at radius 3 is 2.49 bits per heavy atom. The number of aliphatic hydroxyl groups excluding tert-OH is 3. The van der Waals surface area contributed by atoms with E-state index in [1.54, 1.807) is 24.3 Å². The monoisotopic (exact) mass is 1220 g/mol. The number of ketones is 2. The number of aliphatic hydroxyl groups is 6. The van der Waals surface area contributed by atoms with E-state index in [0.29, 0.717) is 42.4 Å². The number of fused-ring (bicyclic) bond motifs is 6. The third kappa shape index (κ3) is 11.5. The van der Waals surface area contributed by atoms with E-state index < -0.39 is 108 Å². The minimum atomic E-state index is -3.11. The molecule has 2 aliphatic heterocycles. The molecule has 20 nitrogen and oxygen atoms in total. The van der Waals surface area contributed by atoms with Gasteiger partial charge in [-0.25, -0.2) is 4.99 Å². The average molecular weight is 1220 g/mol. The van der Waals surface area contributed by atoms with E-state index in [1.807, 2.05) is 25.2 Å². The topological polar surface area (TPSA) is 335 Å². The number of hydrogen-bond acceptors (Lipinski definition) is 20. The van der Waals surface area contributed by atoms with Crippen molar-refractivity contribution in [2.45, 2.75) is 189 Å². The lowest BCUT2D eigenvalue weighted by atomic mass is 9.51. The van der Waals surface area contributed by atoms with Crippen molar-refractivity contribution >= 4 is 41.9 Å². The van der Waals surface area contributed by atoms with Crippen LogP contribution in [-0.2, 0) is 45.7 Å². The molecule has 0 radical (unpaired) electrons. The van der Waals surface area contributed by atoms with E-state index in [1.165, 1.54) is 19.1 Å². The molecular formula is C69H81N5O15. The molecule has 472 valence electrons. The second kappa shape index (κ2) is 24.7. The Hall–Kier alpha value is -6.87. The Labute approximate surface area is 517 Å². The predicted molar refractivity (Wildman–Crippen MR) is 328 cm³/mol. The van der Waals surface area contributed by atoms with Gasteiger partial charge in [-0.2, -0.15) is 0 Å². The number of aldehydes is 1. The van der Waals surface area contributed by atoms with E-state index in [0.717, 1.165) is 75.8 Å². The standard InChI is InChI=1S/C69H81N5O15/c1-35-63(82)69(84,85)64(86-34-45-30-67(74-66(71)73-45)21-5-4-6-22-67)65(87-35)89-62-49-12-8-11-44(70)17-18-46(78)25-38-10-7-9-37(23-38)13-19-48-53(88-36(2)77)28-43(32-75)54-55(48)61(81)56(49)57(60(54)80)59(79)50(62)26-40-16-20-47-41-14-15-42-24-39(31-72-3)29-68(83,52(42)27-41)58(47)51(40)33-76/h7,9-10,13,16,19-20,23,28,33,35,39,41-42,44-46,52,63-65,72,75,78-79,82-85H,4-6,12,14-15,17-18,21-22,24-27,29-32,34,70H2,1-3H3,(H3,71,73,74)/b19-13+/t35-,39-,41+,42+,44-,45+,46-,52+,63+,64-,65+,68+/m0/s1. The number of ether oxygens (including phenoxy) is 4. The largest absolute Gasteiger partial charge is 0.507 e. The van der Waals surface area contributed by atoms with Crippen molar-refractivity contribution in [3.05, 3.63) is 120 Å². The van der Waals surface area contributed by atoms with Gasteiger partial charge in [-0.15, -0.1) is 0 Å². The molecule has 1 saturated heterocycles. The summed E-state index contributed by atoms with van der Waals surface area (Å²) < 4.78 is 25.7. The van der Waals surface area contributed by atoms with Crippen molar-refractivity contribution < 1.29 is 73.9 Å². The van der Waals surface area contributed by atoms with Crippen molar-refractivity contribution in [3.8, 4) is 29.1 Å². The molecule has 0 unspecified atom stereocenters. The first-order valence-electron chi connectivity index (χ1n) is 31.5. The molecule has 0 aromatic heterocycles. The van der Waals surface area contributed by atoms with Crippen LogP contribution in [0.4, 0.5) is 0 Å². The van der Waals surface area contributed by atoms with Gasteiger partial charge in [0, 0.05) is 64.2 Å². The zero-order valence-electron chi connectivity index (χ0n) is 50.6. The van der Waals surface area contributed by atoms with Gasteiger partial charge in [0.15, 0.2) is 29.9 Å². The third-order valence-corrected chi connectivity index (χ3v) is 20.4. The maximum atomic E-state index is 16.3. The minimum Gasteiger partial charge on any atom is -0.507 e. The Balaban J connectivity index is 1.09. The molecular weight excluding hydrogens is 1140 g/mol. The molecule has 12 rings (SSSR count). The van der Waals surface area contributed by atoms with Gasteiger partial charge in [-0.05, 0) is 160 Å². The Bertz CT molecular complexity index is 3620. The molecule has 4 fully saturated rings. The molecule has 2 heterocycles. The first kappa shape index (κ1) is 62.3. The zero-order valence-corrected chi connectivity index (χ0v) is 50.6. The fourth-order valence-electron chi connectivity index (χ4n) is 16.5. The number of nitrogens with two attached hydrogens (primary N) is 2. The molecule has 6 bridgehead atoms. The van der Waals surface area contributed by atoms with Crippen LogP contribution in [0.2, 0.25) is 0 Å². The van der Waals surface area contributed by atoms with Gasteiger partial charge in [0.05, 0.1) is 48.7 Å². The second-order valence-corrected chi connectivity index (χ2v) is 26.3. The van der Waals surface area contributed by atoms with Crippen LogP contribution < -0.4 is 31.6 Å². The number of hydrogen-bond donors (Lipinski definition) is 11. The number of carbonyl (C=O) groups excluding carboxylic acids is 4. The summed E-state index contributed by atoms with van der Waals surface area (Å²) in [5, 5.41) is 91.7. The molecule has 4 aromatic carbocycles. The number of aliphatic imine (C=N–C) groups is 1. The van der Waals surface area contributed by atoms with Crippen LogP contribution in [0.15, 0.2) is 47.5 Å². The fraction of sp³-hybridized carbons (Fsp3) is 0.522. The molecule has 3 saturated carbocycles. The number of carbonyl (C=O) groups is 4. The van der Waals surface area contributed by atoms with Gasteiger partial charge in [0.25, 0.3) is 0 Å². The van der Waals surface area contributed by atoms with Crippen LogP contribution in [0.25, 0.3) is 12.2 Å². The molecule has 4 aromatic rings. The molecule has 1 spiro atoms. The van der Waals surface area contributed by atoms with Gasteiger partial charge in [-0.3, -0.25) is 19.2 Å². The van der Waals surface area contributed by atoms with Crippen LogP contribution in [0.5, 0.6) is 17.2 Å². The lowest BCUT2D eigenvalue weighted by Gasteiger charge is -2.56. The predicted octanol–water partition coefficient (Wildman–Crippen LogP) is 4.99. The smallest absolute Gasteiger partial charge is 0.308 e. The van der Waals surface area contributed by atoms with Gasteiger partial charge in [0.1, 0.15) is 23.4 Å². The maximum Gasteiger partial charge on any atom is 0.308 e. The highest BCUT2D eigenvalue weighted by Gasteiger charge is 2.58. The van der Waals surface area contributed by atoms with Gasteiger partial charge < -0.3 is 76.8 Å². The maximum absolute atomic E-state index is 16.3. The average Bonchev–Trinajstić information content (AvgIpc) is 0.721. The Morgan fingerprint density at radius 1 is 0.955 bits per heavy atom. The quantitative estimate of drug-likeness (QED) is 0.0258. The van der Waals surface area contributed by atoms with E-state index in [4.69, 9.17) is 30.4 Å². The fourth-order valence-corrected chi connectivity index (χ4v) is 16.5. The molecule has 13 N–H and O–H groups in total. The Kier molecular flexibility index (Phi) is 17.3. The summed E-state index contributed by atoms with van der Waals surface area (Å²) in [6.07, 6.45) is 4.65. The van der Waals surface area contributed by atoms with Crippen molar-refractivity contribution in [2.24, 2.45) is 34.2 Å². The molecule has 6 aliphatic carbocycles. The molecule has 89 heavy (non-hydrogen) atoms. The van der Waals surface area contributed by atoms with Crippen LogP contribution in [-0.4, -0.2) is 140 Å². The Morgan fingerprint density at radius 2 is 1.74 bits per heavy atom. The number of nitrogens with zero attached hydrogens (tertiary/aromatic N) is 1. The first-order chi connectivity index (χ1) is 42.6. The van der Waals surface area contributed by atoms with Crippen LogP contribution in [0.3, 0.4) is 0 Å². The van der Waals surface area contributed by atoms with E-state index >= 15 is 9.59 Å². The lowest BCUT2D eigenvalue weighted by molar-refractivity contribution is -0.379. The summed E-state index contributed by atoms with van der Waals surface area (Å²) in [5.41, 5.74) is 12.6. The van der Waals surface area contributed by atoms with E-state index in [2.05, 4.69) is 27.5 Å². The number of rotatable bonds is 12. The summed E-state index contributed by atoms with van der Waals surface area (Å²) in [6.45, 7) is 2.11. The summed E-state index contributed by atoms with van der Waals surface area (Å²) >= 11 is 0. The number of aromatic hydroxyl groups is 1. The van der Waals surface area contributed by atoms with Crippen LogP contribution in [0.1, 0.15) is 196 Å². The third-order valence-electron chi connectivity index (χ3n) is 20.4. The van der Waals surface area contributed by atoms with Crippen molar-refractivity contribution in [1.29, 1.82) is 0 Å². The summed E-state index contributed by atoms with van der Waals surface area (Å²) in [6, 6.07) is 10.8. The number of phenols is 1. The highest BCUT2D eigenvalue weighted by Crippen LogP contribution is 2.61. The van der Waals surface area contributed by atoms with Crippen molar-refractivity contribution in [3.63, 3.8) is 0 Å². The lowest BCUT2D eigenvalue weighted by Crippen LogP contribution is -2.68. The van der Waals surface area contributed by atoms with Crippen molar-refractivity contribution in [1.82, 2.24) is 10.6 Å².